The molecule has 1 aromatic rings. The van der Waals surface area contributed by atoms with Gasteiger partial charge in [0.2, 0.25) is 0 Å². The molecule has 1 saturated heterocycles. The van der Waals surface area contributed by atoms with Gasteiger partial charge in [0.05, 0.1) is 6.04 Å². The van der Waals surface area contributed by atoms with Crippen molar-refractivity contribution in [1.29, 1.82) is 0 Å². The Morgan fingerprint density at radius 2 is 2.42 bits per heavy atom. The van der Waals surface area contributed by atoms with Crippen LogP contribution in [0.15, 0.2) is 6.20 Å². The van der Waals surface area contributed by atoms with Crippen molar-refractivity contribution in [1.82, 2.24) is 15.3 Å². The highest BCUT2D eigenvalue weighted by atomic mass is 15.1. The van der Waals surface area contributed by atoms with Gasteiger partial charge in [-0.05, 0) is 25.7 Å². The number of piperidine rings is 1. The summed E-state index contributed by atoms with van der Waals surface area (Å²) in [5, 5.41) is 3.56. The molecule has 0 radical (unpaired) electrons. The minimum absolute atomic E-state index is 0.502. The van der Waals surface area contributed by atoms with Crippen LogP contribution in [0.5, 0.6) is 0 Å². The molecule has 2 aliphatic rings. The Kier molecular flexibility index (Phi) is 1.17. The van der Waals surface area contributed by atoms with Crippen molar-refractivity contribution in [2.45, 2.75) is 31.8 Å². The SMILES string of the molecule is Cc1cnc([C@@H]2C[C@H]3C[C@H]3N2)[nH]1. The van der Waals surface area contributed by atoms with E-state index in [1.54, 1.807) is 0 Å². The van der Waals surface area contributed by atoms with Crippen LogP contribution in [0.1, 0.15) is 30.4 Å². The van der Waals surface area contributed by atoms with Crippen molar-refractivity contribution in [2.24, 2.45) is 5.92 Å². The van der Waals surface area contributed by atoms with Gasteiger partial charge in [0.25, 0.3) is 0 Å². The number of aromatic nitrogens is 2. The summed E-state index contributed by atoms with van der Waals surface area (Å²) in [7, 11) is 0. The van der Waals surface area contributed by atoms with E-state index in [1.807, 2.05) is 13.1 Å². The number of hydrogen-bond acceptors (Lipinski definition) is 2. The largest absolute Gasteiger partial charge is 0.345 e. The van der Waals surface area contributed by atoms with E-state index in [0.29, 0.717) is 6.04 Å². The molecule has 1 aromatic heterocycles. The van der Waals surface area contributed by atoms with E-state index in [-0.39, 0.29) is 0 Å². The molecular formula is C9H13N3. The molecule has 3 nitrogen and oxygen atoms in total. The van der Waals surface area contributed by atoms with E-state index in [1.165, 1.54) is 12.8 Å². The van der Waals surface area contributed by atoms with Gasteiger partial charge < -0.3 is 10.3 Å². The molecular weight excluding hydrogens is 150 g/mol. The molecule has 3 atom stereocenters. The van der Waals surface area contributed by atoms with Crippen molar-refractivity contribution in [3.05, 3.63) is 17.7 Å². The fraction of sp³-hybridized carbons (Fsp3) is 0.667. The first kappa shape index (κ1) is 6.66. The van der Waals surface area contributed by atoms with Gasteiger partial charge in [-0.1, -0.05) is 0 Å². The average Bonchev–Trinajstić information content (AvgIpc) is 2.49. The van der Waals surface area contributed by atoms with Gasteiger partial charge in [0, 0.05) is 17.9 Å². The molecule has 0 spiro atoms. The third-order valence-corrected chi connectivity index (χ3v) is 2.93. The van der Waals surface area contributed by atoms with E-state index in [2.05, 4.69) is 15.3 Å². The number of imidazole rings is 1. The minimum Gasteiger partial charge on any atom is -0.345 e. The first-order valence-corrected chi connectivity index (χ1v) is 4.60. The number of fused-ring (bicyclic) bond motifs is 1. The topological polar surface area (TPSA) is 40.7 Å². The molecule has 1 aliphatic carbocycles. The lowest BCUT2D eigenvalue weighted by Crippen LogP contribution is -2.18. The van der Waals surface area contributed by atoms with Crippen LogP contribution in [0.25, 0.3) is 0 Å². The highest BCUT2D eigenvalue weighted by molar-refractivity contribution is 5.12. The van der Waals surface area contributed by atoms with Gasteiger partial charge in [0.1, 0.15) is 5.82 Å². The predicted molar refractivity (Wildman–Crippen MR) is 45.7 cm³/mol. The van der Waals surface area contributed by atoms with E-state index < -0.39 is 0 Å². The number of H-pyrrole nitrogens is 1. The fourth-order valence-corrected chi connectivity index (χ4v) is 2.14. The van der Waals surface area contributed by atoms with E-state index in [4.69, 9.17) is 0 Å². The number of aryl methyl sites for hydroxylation is 1. The van der Waals surface area contributed by atoms with Crippen molar-refractivity contribution in [3.63, 3.8) is 0 Å². The van der Waals surface area contributed by atoms with Crippen molar-refractivity contribution >= 4 is 0 Å². The summed E-state index contributed by atoms with van der Waals surface area (Å²) in [6.45, 7) is 2.05. The number of hydrogen-bond donors (Lipinski definition) is 2. The van der Waals surface area contributed by atoms with Crippen LogP contribution in [0.4, 0.5) is 0 Å². The maximum Gasteiger partial charge on any atom is 0.123 e. The Balaban J connectivity index is 1.81. The van der Waals surface area contributed by atoms with Crippen LogP contribution in [0, 0.1) is 12.8 Å². The molecule has 0 unspecified atom stereocenters. The van der Waals surface area contributed by atoms with Gasteiger partial charge in [-0.2, -0.15) is 0 Å². The Morgan fingerprint density at radius 3 is 3.00 bits per heavy atom. The monoisotopic (exact) mass is 163 g/mol. The highest BCUT2D eigenvalue weighted by Gasteiger charge is 2.46. The second kappa shape index (κ2) is 2.10. The number of nitrogens with zero attached hydrogens (tertiary/aromatic N) is 1. The smallest absolute Gasteiger partial charge is 0.123 e. The number of aromatic amines is 1. The number of rotatable bonds is 1. The normalized spacial score (nSPS) is 38.2. The summed E-state index contributed by atoms with van der Waals surface area (Å²) in [5.74, 6) is 2.07. The number of nitrogens with one attached hydrogen (secondary N) is 2. The Hall–Kier alpha value is -0.830. The Bertz CT molecular complexity index is 294. The van der Waals surface area contributed by atoms with E-state index in [0.717, 1.165) is 23.5 Å². The summed E-state index contributed by atoms with van der Waals surface area (Å²) >= 11 is 0. The first-order chi connectivity index (χ1) is 5.83. The standard InChI is InChI=1S/C9H13N3/c1-5-4-10-9(11-5)8-3-6-2-7(6)12-8/h4,6-8,12H,2-3H2,1H3,(H,10,11)/t6-,7-,8+/m1/s1. The molecule has 1 aliphatic heterocycles. The summed E-state index contributed by atoms with van der Waals surface area (Å²) in [6, 6.07) is 1.31. The zero-order valence-corrected chi connectivity index (χ0v) is 7.17. The average molecular weight is 163 g/mol. The summed E-state index contributed by atoms with van der Waals surface area (Å²) in [6.07, 6.45) is 4.56. The third-order valence-electron chi connectivity index (χ3n) is 2.93. The lowest BCUT2D eigenvalue weighted by atomic mass is 10.2. The van der Waals surface area contributed by atoms with Gasteiger partial charge in [-0.15, -0.1) is 0 Å². The Labute approximate surface area is 71.6 Å². The molecule has 1 saturated carbocycles. The maximum absolute atomic E-state index is 4.33. The van der Waals surface area contributed by atoms with E-state index in [9.17, 15) is 0 Å². The molecule has 3 rings (SSSR count). The quantitative estimate of drug-likeness (QED) is 0.651. The lowest BCUT2D eigenvalue weighted by molar-refractivity contribution is 0.542. The van der Waals surface area contributed by atoms with E-state index >= 15 is 0 Å². The predicted octanol–water partition coefficient (Wildman–Crippen LogP) is 1.14. The van der Waals surface area contributed by atoms with Gasteiger partial charge in [0.15, 0.2) is 0 Å². The molecule has 12 heavy (non-hydrogen) atoms. The van der Waals surface area contributed by atoms with Crippen LogP contribution in [0.2, 0.25) is 0 Å². The van der Waals surface area contributed by atoms with Gasteiger partial charge in [-0.3, -0.25) is 0 Å². The van der Waals surface area contributed by atoms with Crippen molar-refractivity contribution in [3.8, 4) is 0 Å². The molecule has 2 fully saturated rings. The molecule has 0 amide bonds. The van der Waals surface area contributed by atoms with Crippen LogP contribution < -0.4 is 5.32 Å². The summed E-state index contributed by atoms with van der Waals surface area (Å²) < 4.78 is 0. The van der Waals surface area contributed by atoms with Crippen LogP contribution in [-0.4, -0.2) is 16.0 Å². The minimum atomic E-state index is 0.502. The molecule has 2 heterocycles. The van der Waals surface area contributed by atoms with Crippen LogP contribution in [0.3, 0.4) is 0 Å². The van der Waals surface area contributed by atoms with Gasteiger partial charge in [-0.25, -0.2) is 4.98 Å². The fourth-order valence-electron chi connectivity index (χ4n) is 2.14. The molecule has 2 N–H and O–H groups in total. The maximum atomic E-state index is 4.33. The second-order valence-electron chi connectivity index (χ2n) is 4.01. The molecule has 3 heteroatoms. The zero-order valence-electron chi connectivity index (χ0n) is 7.17. The van der Waals surface area contributed by atoms with Crippen LogP contribution in [-0.2, 0) is 0 Å². The zero-order chi connectivity index (χ0) is 8.13. The highest BCUT2D eigenvalue weighted by Crippen LogP contribution is 2.45. The molecule has 0 aromatic carbocycles. The first-order valence-electron chi connectivity index (χ1n) is 4.60. The second-order valence-corrected chi connectivity index (χ2v) is 4.01. The van der Waals surface area contributed by atoms with Gasteiger partial charge >= 0.3 is 0 Å². The lowest BCUT2D eigenvalue weighted by Gasteiger charge is -2.08. The summed E-state index contributed by atoms with van der Waals surface area (Å²) in [4.78, 5) is 7.62. The molecule has 64 valence electrons. The summed E-state index contributed by atoms with van der Waals surface area (Å²) in [5.41, 5.74) is 1.16. The van der Waals surface area contributed by atoms with Crippen molar-refractivity contribution < 1.29 is 0 Å². The Morgan fingerprint density at radius 1 is 1.50 bits per heavy atom. The van der Waals surface area contributed by atoms with Crippen molar-refractivity contribution in [2.75, 3.05) is 0 Å². The van der Waals surface area contributed by atoms with Crippen LogP contribution >= 0.6 is 0 Å². The third kappa shape index (κ3) is 0.894. The molecule has 0 bridgehead atoms.